The largest absolute Gasteiger partial charge is 0.504 e. The van der Waals surface area contributed by atoms with Crippen molar-refractivity contribution in [1.82, 2.24) is 4.98 Å². The number of rotatable bonds is 3. The van der Waals surface area contributed by atoms with Crippen LogP contribution in [0.5, 0.6) is 5.75 Å². The van der Waals surface area contributed by atoms with Crippen molar-refractivity contribution in [2.75, 3.05) is 6.54 Å². The van der Waals surface area contributed by atoms with Crippen molar-refractivity contribution in [2.24, 2.45) is 5.73 Å². The molecule has 5 nitrogen and oxygen atoms in total. The maximum Gasteiger partial charge on any atom is 0.196 e. The van der Waals surface area contributed by atoms with Crippen LogP contribution < -0.4 is 5.73 Å². The number of nitrogens with two attached hydrogens (primary N) is 1. The van der Waals surface area contributed by atoms with Gasteiger partial charge in [-0.1, -0.05) is 6.07 Å². The van der Waals surface area contributed by atoms with Crippen LogP contribution in [0.2, 0.25) is 0 Å². The summed E-state index contributed by atoms with van der Waals surface area (Å²) in [6, 6.07) is 3.35. The molecule has 0 saturated heterocycles. The van der Waals surface area contributed by atoms with Crippen LogP contribution in [-0.4, -0.2) is 21.7 Å². The first-order chi connectivity index (χ1) is 7.63. The van der Waals surface area contributed by atoms with E-state index in [0.717, 1.165) is 0 Å². The lowest BCUT2D eigenvalue weighted by Crippen LogP contribution is -2.06. The summed E-state index contributed by atoms with van der Waals surface area (Å²) in [7, 11) is 0. The first kappa shape index (κ1) is 10.9. The fourth-order valence-electron chi connectivity index (χ4n) is 1.69. The Balaban J connectivity index is 2.51. The molecule has 2 rings (SSSR count). The number of aromatic nitrogens is 1. The quantitative estimate of drug-likeness (QED) is 0.726. The van der Waals surface area contributed by atoms with Crippen molar-refractivity contribution in [2.45, 2.75) is 19.4 Å². The molecule has 0 aliphatic rings. The molecule has 0 bridgehead atoms. The Morgan fingerprint density at radius 3 is 2.94 bits per heavy atom. The van der Waals surface area contributed by atoms with Gasteiger partial charge in [-0.3, -0.25) is 0 Å². The Morgan fingerprint density at radius 1 is 1.50 bits per heavy atom. The molecule has 0 fully saturated rings. The van der Waals surface area contributed by atoms with Gasteiger partial charge in [0.05, 0.1) is 6.10 Å². The topological polar surface area (TPSA) is 92.5 Å². The Kier molecular flexibility index (Phi) is 2.80. The molecule has 1 unspecified atom stereocenters. The molecular weight excluding hydrogens is 208 g/mol. The summed E-state index contributed by atoms with van der Waals surface area (Å²) < 4.78 is 5.26. The summed E-state index contributed by atoms with van der Waals surface area (Å²) in [5.41, 5.74) is 6.67. The van der Waals surface area contributed by atoms with Crippen molar-refractivity contribution < 1.29 is 14.6 Å². The average Bonchev–Trinajstić information content (AvgIpc) is 2.60. The van der Waals surface area contributed by atoms with E-state index < -0.39 is 6.10 Å². The minimum Gasteiger partial charge on any atom is -0.504 e. The molecule has 1 heterocycles. The van der Waals surface area contributed by atoms with E-state index in [2.05, 4.69) is 4.98 Å². The van der Waals surface area contributed by atoms with Crippen LogP contribution in [0.4, 0.5) is 0 Å². The standard InChI is InChI=1S/C11H14N2O3/c1-6-13-8-3-2-7(9(14)4-5-12)10(15)11(8)16-6/h2-3,9,14-15H,4-5,12H2,1H3. The predicted molar refractivity (Wildman–Crippen MR) is 59.0 cm³/mol. The van der Waals surface area contributed by atoms with E-state index in [4.69, 9.17) is 10.2 Å². The highest BCUT2D eigenvalue weighted by Crippen LogP contribution is 2.33. The fourth-order valence-corrected chi connectivity index (χ4v) is 1.69. The number of phenolic OH excluding ortho intramolecular Hbond substituents is 1. The minimum absolute atomic E-state index is 0.0564. The van der Waals surface area contributed by atoms with Crippen LogP contribution in [-0.2, 0) is 0 Å². The van der Waals surface area contributed by atoms with Crippen LogP contribution in [0.1, 0.15) is 24.0 Å². The fraction of sp³-hybridized carbons (Fsp3) is 0.364. The average molecular weight is 222 g/mol. The number of phenols is 1. The molecule has 0 amide bonds. The number of aryl methyl sites for hydroxylation is 1. The first-order valence-corrected chi connectivity index (χ1v) is 5.10. The summed E-state index contributed by atoms with van der Waals surface area (Å²) in [4.78, 5) is 4.09. The molecule has 1 aromatic heterocycles. The van der Waals surface area contributed by atoms with Gasteiger partial charge in [0.15, 0.2) is 17.2 Å². The number of aromatic hydroxyl groups is 1. The summed E-state index contributed by atoms with van der Waals surface area (Å²) in [5, 5.41) is 19.7. The number of fused-ring (bicyclic) bond motifs is 1. The van der Waals surface area contributed by atoms with Gasteiger partial charge in [0.2, 0.25) is 0 Å². The third-order valence-electron chi connectivity index (χ3n) is 2.47. The van der Waals surface area contributed by atoms with Gasteiger partial charge in [-0.2, -0.15) is 0 Å². The van der Waals surface area contributed by atoms with E-state index in [1.807, 2.05) is 0 Å². The summed E-state index contributed by atoms with van der Waals surface area (Å²) in [6.07, 6.45) is -0.383. The zero-order valence-electron chi connectivity index (χ0n) is 8.97. The van der Waals surface area contributed by atoms with E-state index in [0.29, 0.717) is 35.5 Å². The number of aliphatic hydroxyl groups excluding tert-OH is 1. The highest BCUT2D eigenvalue weighted by molar-refractivity contribution is 5.80. The molecular formula is C11H14N2O3. The second kappa shape index (κ2) is 4.11. The molecule has 1 atom stereocenters. The van der Waals surface area contributed by atoms with Gasteiger partial charge in [-0.15, -0.1) is 0 Å². The smallest absolute Gasteiger partial charge is 0.196 e. The van der Waals surface area contributed by atoms with E-state index >= 15 is 0 Å². The Labute approximate surface area is 92.5 Å². The monoisotopic (exact) mass is 222 g/mol. The number of benzene rings is 1. The van der Waals surface area contributed by atoms with Crippen LogP contribution in [0, 0.1) is 6.92 Å². The highest BCUT2D eigenvalue weighted by Gasteiger charge is 2.17. The van der Waals surface area contributed by atoms with Crippen molar-refractivity contribution in [3.63, 3.8) is 0 Å². The zero-order chi connectivity index (χ0) is 11.7. The van der Waals surface area contributed by atoms with E-state index in [-0.39, 0.29) is 5.75 Å². The molecule has 4 N–H and O–H groups in total. The lowest BCUT2D eigenvalue weighted by molar-refractivity contribution is 0.166. The van der Waals surface area contributed by atoms with Gasteiger partial charge in [0, 0.05) is 12.5 Å². The van der Waals surface area contributed by atoms with Gasteiger partial charge < -0.3 is 20.4 Å². The Hall–Kier alpha value is -1.59. The van der Waals surface area contributed by atoms with Crippen molar-refractivity contribution in [1.29, 1.82) is 0 Å². The van der Waals surface area contributed by atoms with E-state index in [1.54, 1.807) is 19.1 Å². The second-order valence-electron chi connectivity index (χ2n) is 3.68. The lowest BCUT2D eigenvalue weighted by Gasteiger charge is -2.10. The SMILES string of the molecule is Cc1nc2ccc(C(O)CCN)c(O)c2o1. The molecule has 0 spiro atoms. The number of aliphatic hydroxyl groups is 1. The third kappa shape index (κ3) is 1.75. The maximum atomic E-state index is 9.93. The van der Waals surface area contributed by atoms with E-state index in [9.17, 15) is 10.2 Å². The van der Waals surface area contributed by atoms with Crippen LogP contribution in [0.3, 0.4) is 0 Å². The predicted octanol–water partition coefficient (Wildman–Crippen LogP) is 1.22. The second-order valence-corrected chi connectivity index (χ2v) is 3.68. The van der Waals surface area contributed by atoms with Crippen molar-refractivity contribution in [3.8, 4) is 5.75 Å². The van der Waals surface area contributed by atoms with Crippen LogP contribution in [0.15, 0.2) is 16.5 Å². The van der Waals surface area contributed by atoms with Gasteiger partial charge in [0.25, 0.3) is 0 Å². The zero-order valence-corrected chi connectivity index (χ0v) is 8.97. The normalized spacial score (nSPS) is 13.2. The number of hydrogen-bond acceptors (Lipinski definition) is 5. The molecule has 0 aliphatic heterocycles. The summed E-state index contributed by atoms with van der Waals surface area (Å²) >= 11 is 0. The molecule has 0 aliphatic carbocycles. The summed E-state index contributed by atoms with van der Waals surface area (Å²) in [5.74, 6) is 0.426. The lowest BCUT2D eigenvalue weighted by atomic mass is 10.0. The van der Waals surface area contributed by atoms with Gasteiger partial charge in [0.1, 0.15) is 5.52 Å². The molecule has 0 saturated carbocycles. The number of nitrogens with zero attached hydrogens (tertiary/aromatic N) is 1. The molecule has 5 heteroatoms. The molecule has 2 aromatic rings. The molecule has 0 radical (unpaired) electrons. The highest BCUT2D eigenvalue weighted by atomic mass is 16.4. The first-order valence-electron chi connectivity index (χ1n) is 5.10. The van der Waals surface area contributed by atoms with Crippen molar-refractivity contribution in [3.05, 3.63) is 23.6 Å². The number of hydrogen-bond donors (Lipinski definition) is 3. The minimum atomic E-state index is -0.778. The van der Waals surface area contributed by atoms with Crippen LogP contribution in [0.25, 0.3) is 11.1 Å². The van der Waals surface area contributed by atoms with Gasteiger partial charge in [-0.05, 0) is 19.0 Å². The van der Waals surface area contributed by atoms with Crippen molar-refractivity contribution >= 4 is 11.1 Å². The molecule has 1 aromatic carbocycles. The van der Waals surface area contributed by atoms with Gasteiger partial charge in [-0.25, -0.2) is 4.98 Å². The van der Waals surface area contributed by atoms with E-state index in [1.165, 1.54) is 0 Å². The molecule has 86 valence electrons. The Morgan fingerprint density at radius 2 is 2.25 bits per heavy atom. The van der Waals surface area contributed by atoms with Crippen LogP contribution >= 0.6 is 0 Å². The third-order valence-corrected chi connectivity index (χ3v) is 2.47. The summed E-state index contributed by atoms with van der Waals surface area (Å²) in [6.45, 7) is 2.06. The van der Waals surface area contributed by atoms with Gasteiger partial charge >= 0.3 is 0 Å². The molecule has 16 heavy (non-hydrogen) atoms. The Bertz CT molecular complexity index is 507. The maximum absolute atomic E-state index is 9.93. The number of oxazole rings is 1.